The molecule has 0 saturated heterocycles. The molecule has 2 fully saturated rings. The molecule has 0 amide bonds. The molecule has 0 N–H and O–H groups in total. The van der Waals surface area contributed by atoms with Crippen molar-refractivity contribution in [2.24, 2.45) is 0 Å². The van der Waals surface area contributed by atoms with Gasteiger partial charge in [-0.15, -0.1) is 6.58 Å². The van der Waals surface area contributed by atoms with Gasteiger partial charge in [0.2, 0.25) is 0 Å². The third-order valence-electron chi connectivity index (χ3n) is 9.13. The molecule has 1 nitrogen and oxygen atoms in total. The fourth-order valence-corrected chi connectivity index (χ4v) is 5.44. The van der Waals surface area contributed by atoms with E-state index in [0.717, 1.165) is 12.8 Å². The van der Waals surface area contributed by atoms with E-state index in [4.69, 9.17) is 4.43 Å². The molecule has 2 aliphatic carbocycles. The van der Waals surface area contributed by atoms with Crippen molar-refractivity contribution in [3.8, 4) is 0 Å². The zero-order valence-electron chi connectivity index (χ0n) is 27.4. The van der Waals surface area contributed by atoms with Crippen LogP contribution in [0.4, 0.5) is 0 Å². The predicted molar refractivity (Wildman–Crippen MR) is 165 cm³/mol. The first kappa shape index (κ1) is 40.2. The minimum Gasteiger partial charge on any atom is -0.411 e. The van der Waals surface area contributed by atoms with Crippen molar-refractivity contribution < 1.29 is 37.1 Å². The topological polar surface area (TPSA) is 9.23 Å². The van der Waals surface area contributed by atoms with Gasteiger partial charge >= 0.3 is 0 Å². The Balaban J connectivity index is 0. The molecule has 0 bridgehead atoms. The largest absolute Gasteiger partial charge is 0.411 e. The van der Waals surface area contributed by atoms with Crippen LogP contribution in [0.15, 0.2) is 12.7 Å². The molecule has 2 aliphatic rings. The standard InChI is InChI=1S/C14H29OSi.2C10H15.Y/c1-8-10-11-12-13(9-2)15-16(6,7)14(3,4)5;2*1-6-7(2)9(4)10(5)8(6)3;/h9,13H,1-2,8,10-12H2,3-7H3;2*1-5H3;/q-1;;;. The molecule has 209 valence electrons. The molecular weight excluding hydrogens is 541 g/mol. The van der Waals surface area contributed by atoms with E-state index in [0.29, 0.717) is 0 Å². The molecule has 1 atom stereocenters. The van der Waals surface area contributed by atoms with Gasteiger partial charge in [-0.1, -0.05) is 109 Å². The average molecular weight is 601 g/mol. The smallest absolute Gasteiger partial charge is 0.192 e. The second kappa shape index (κ2) is 17.7. The van der Waals surface area contributed by atoms with Crippen LogP contribution >= 0.6 is 0 Å². The van der Waals surface area contributed by atoms with E-state index in [1.54, 1.807) is 0 Å². The first-order chi connectivity index (χ1) is 16.3. The summed E-state index contributed by atoms with van der Waals surface area (Å²) in [6.45, 7) is 41.2. The summed E-state index contributed by atoms with van der Waals surface area (Å²) >= 11 is 0. The fraction of sp³-hybridized carbons (Fsp3) is 0.618. The first-order valence-electron chi connectivity index (χ1n) is 13.8. The molecule has 2 rings (SSSR count). The molecule has 37 heavy (non-hydrogen) atoms. The zero-order chi connectivity index (χ0) is 28.6. The van der Waals surface area contributed by atoms with E-state index in [1.807, 2.05) is 6.08 Å². The minimum absolute atomic E-state index is 0. The molecule has 0 spiro atoms. The molecule has 11 radical (unpaired) electrons. The van der Waals surface area contributed by atoms with Gasteiger partial charge in [-0.25, -0.2) is 0 Å². The normalized spacial score (nSPS) is 21.8. The second-order valence-electron chi connectivity index (χ2n) is 12.3. The second-order valence-corrected chi connectivity index (χ2v) is 17.0. The van der Waals surface area contributed by atoms with E-state index < -0.39 is 8.32 Å². The van der Waals surface area contributed by atoms with Crippen molar-refractivity contribution in [3.63, 3.8) is 0 Å². The third-order valence-corrected chi connectivity index (χ3v) is 13.6. The minimum atomic E-state index is -1.64. The van der Waals surface area contributed by atoms with E-state index >= 15 is 0 Å². The molecule has 0 heterocycles. The maximum absolute atomic E-state index is 6.30. The Labute approximate surface area is 262 Å². The first-order valence-corrected chi connectivity index (χ1v) is 16.7. The molecule has 0 aromatic heterocycles. The van der Waals surface area contributed by atoms with Gasteiger partial charge in [0.15, 0.2) is 8.32 Å². The van der Waals surface area contributed by atoms with Gasteiger partial charge in [-0.2, -0.15) is 6.42 Å². The Morgan fingerprint density at radius 2 is 0.946 bits per heavy atom. The Bertz CT molecular complexity index is 492. The van der Waals surface area contributed by atoms with E-state index in [2.05, 4.69) is 117 Å². The van der Waals surface area contributed by atoms with Gasteiger partial charge in [0.25, 0.3) is 0 Å². The Morgan fingerprint density at radius 3 is 1.14 bits per heavy atom. The summed E-state index contributed by atoms with van der Waals surface area (Å²) in [6.07, 6.45) is 6.67. The molecule has 2 saturated carbocycles. The summed E-state index contributed by atoms with van der Waals surface area (Å²) < 4.78 is 6.30. The van der Waals surface area contributed by atoms with Crippen LogP contribution in [0.3, 0.4) is 0 Å². The van der Waals surface area contributed by atoms with Gasteiger partial charge in [-0.3, -0.25) is 0 Å². The summed E-state index contributed by atoms with van der Waals surface area (Å²) in [5, 5.41) is 0.278. The molecule has 0 aliphatic heterocycles. The maximum Gasteiger partial charge on any atom is 0.192 e. The van der Waals surface area contributed by atoms with Crippen LogP contribution < -0.4 is 0 Å². The van der Waals surface area contributed by atoms with Crippen molar-refractivity contribution in [1.29, 1.82) is 0 Å². The van der Waals surface area contributed by atoms with Crippen LogP contribution in [0.25, 0.3) is 0 Å². The van der Waals surface area contributed by atoms with E-state index in [9.17, 15) is 0 Å². The van der Waals surface area contributed by atoms with Gasteiger partial charge < -0.3 is 11.3 Å². The summed E-state index contributed by atoms with van der Waals surface area (Å²) in [7, 11) is -1.64. The van der Waals surface area contributed by atoms with Crippen LogP contribution in [0.5, 0.6) is 0 Å². The van der Waals surface area contributed by atoms with Crippen LogP contribution in [0.1, 0.15) is 116 Å². The third kappa shape index (κ3) is 11.8. The van der Waals surface area contributed by atoms with Gasteiger partial charge in [0.05, 0.1) is 6.10 Å². The van der Waals surface area contributed by atoms with Crippen molar-refractivity contribution in [2.45, 2.75) is 140 Å². The Morgan fingerprint density at radius 1 is 0.676 bits per heavy atom. The Kier molecular flexibility index (Phi) is 19.3. The number of unbranched alkanes of at least 4 members (excludes halogenated alkanes) is 2. The average Bonchev–Trinajstić information content (AvgIpc) is 3.08. The summed E-state index contributed by atoms with van der Waals surface area (Å²) in [5.41, 5.74) is 0. The maximum atomic E-state index is 6.30. The monoisotopic (exact) mass is 600 g/mol. The molecule has 0 aromatic carbocycles. The van der Waals surface area contributed by atoms with Crippen molar-refractivity contribution in [2.75, 3.05) is 0 Å². The van der Waals surface area contributed by atoms with E-state index in [-0.39, 0.29) is 43.9 Å². The molecule has 0 aromatic rings. The summed E-state index contributed by atoms with van der Waals surface area (Å²) in [4.78, 5) is 0. The molecule has 3 heteroatoms. The van der Waals surface area contributed by atoms with E-state index in [1.165, 1.54) is 72.0 Å². The van der Waals surface area contributed by atoms with Crippen LogP contribution in [0, 0.1) is 66.1 Å². The van der Waals surface area contributed by atoms with Gasteiger partial charge in [0, 0.05) is 32.7 Å². The number of hydrogen-bond donors (Lipinski definition) is 0. The summed E-state index contributed by atoms with van der Waals surface area (Å²) in [5.74, 6) is 14.7. The van der Waals surface area contributed by atoms with Crippen molar-refractivity contribution in [1.82, 2.24) is 0 Å². The SMILES string of the molecule is C=CC(CCCC[CH2-])O[Si](C)(C)C(C)(C)C.C[C]1[C](C)[C](C)[C](C)[C]1C.C[C]1[C](C)[C](C)[C](C)[C]1C.[Y]. The van der Waals surface area contributed by atoms with Crippen LogP contribution in [0.2, 0.25) is 18.1 Å². The van der Waals surface area contributed by atoms with Gasteiger partial charge in [0.1, 0.15) is 0 Å². The molecular formula is C34H59OSiY-. The van der Waals surface area contributed by atoms with Crippen molar-refractivity contribution >= 4 is 8.32 Å². The quantitative estimate of drug-likeness (QED) is 0.122. The molecule has 1 unspecified atom stereocenters. The fourth-order valence-electron chi connectivity index (χ4n) is 4.11. The number of rotatable bonds is 7. The van der Waals surface area contributed by atoms with Crippen LogP contribution in [-0.4, -0.2) is 14.4 Å². The van der Waals surface area contributed by atoms with Crippen LogP contribution in [-0.2, 0) is 37.1 Å². The Hall–Kier alpha value is 1.02. The predicted octanol–water partition coefficient (Wildman–Crippen LogP) is 10.9. The van der Waals surface area contributed by atoms with Crippen molar-refractivity contribution in [3.05, 3.63) is 78.8 Å². The summed E-state index contributed by atoms with van der Waals surface area (Å²) in [6, 6.07) is 0. The number of hydrogen-bond acceptors (Lipinski definition) is 1. The van der Waals surface area contributed by atoms with Gasteiger partial charge in [-0.05, 0) is 83.7 Å². The zero-order valence-corrected chi connectivity index (χ0v) is 31.2.